The monoisotopic (exact) mass is 318 g/mol. The predicted octanol–water partition coefficient (Wildman–Crippen LogP) is 5.00. The molecule has 0 aromatic heterocycles. The van der Waals surface area contributed by atoms with Gasteiger partial charge in [0.05, 0.1) is 6.04 Å². The molecule has 4 heteroatoms. The van der Waals surface area contributed by atoms with Crippen LogP contribution in [0.3, 0.4) is 0 Å². The van der Waals surface area contributed by atoms with E-state index in [2.05, 4.69) is 49.6 Å². The van der Waals surface area contributed by atoms with E-state index in [4.69, 9.17) is 23.8 Å². The molecule has 2 aromatic rings. The molecule has 21 heavy (non-hydrogen) atoms. The number of aryl methyl sites for hydroxylation is 2. The number of hydrogen-bond donors (Lipinski definition) is 2. The van der Waals surface area contributed by atoms with Gasteiger partial charge in [-0.15, -0.1) is 0 Å². The lowest BCUT2D eigenvalue weighted by Gasteiger charge is -2.19. The van der Waals surface area contributed by atoms with Crippen LogP contribution in [0.15, 0.2) is 42.5 Å². The largest absolute Gasteiger partial charge is 0.356 e. The summed E-state index contributed by atoms with van der Waals surface area (Å²) in [6.45, 7) is 6.32. The Hall–Kier alpha value is -1.58. The number of rotatable bonds is 3. The molecule has 0 saturated heterocycles. The van der Waals surface area contributed by atoms with Crippen LogP contribution < -0.4 is 10.6 Å². The Kier molecular flexibility index (Phi) is 5.21. The fourth-order valence-corrected chi connectivity index (χ4v) is 2.62. The van der Waals surface area contributed by atoms with E-state index < -0.39 is 0 Å². The van der Waals surface area contributed by atoms with Crippen LogP contribution in [0.2, 0.25) is 5.02 Å². The molecule has 2 nitrogen and oxygen atoms in total. The Morgan fingerprint density at radius 1 is 1.10 bits per heavy atom. The number of halogens is 1. The van der Waals surface area contributed by atoms with Crippen molar-refractivity contribution >= 4 is 34.6 Å². The summed E-state index contributed by atoms with van der Waals surface area (Å²) >= 11 is 11.2. The summed E-state index contributed by atoms with van der Waals surface area (Å²) in [7, 11) is 0. The Balaban J connectivity index is 2.01. The van der Waals surface area contributed by atoms with Crippen molar-refractivity contribution in [2.24, 2.45) is 0 Å². The third kappa shape index (κ3) is 4.45. The zero-order valence-electron chi connectivity index (χ0n) is 12.4. The lowest BCUT2D eigenvalue weighted by Crippen LogP contribution is -2.31. The molecule has 0 fully saturated rings. The van der Waals surface area contributed by atoms with Crippen LogP contribution in [0.1, 0.15) is 29.7 Å². The summed E-state index contributed by atoms with van der Waals surface area (Å²) in [5.74, 6) is 0. The van der Waals surface area contributed by atoms with Crippen molar-refractivity contribution in [1.82, 2.24) is 5.32 Å². The first-order valence-corrected chi connectivity index (χ1v) is 7.64. The molecule has 1 atom stereocenters. The third-order valence-electron chi connectivity index (χ3n) is 3.35. The highest BCUT2D eigenvalue weighted by molar-refractivity contribution is 7.80. The first-order valence-electron chi connectivity index (χ1n) is 6.86. The molecule has 0 radical (unpaired) electrons. The van der Waals surface area contributed by atoms with E-state index in [1.54, 1.807) is 0 Å². The third-order valence-corrected chi connectivity index (χ3v) is 3.82. The maximum absolute atomic E-state index is 5.87. The lowest BCUT2D eigenvalue weighted by atomic mass is 10.0. The van der Waals surface area contributed by atoms with Crippen LogP contribution in [-0.4, -0.2) is 5.11 Å². The second kappa shape index (κ2) is 6.92. The minimum Gasteiger partial charge on any atom is -0.356 e. The van der Waals surface area contributed by atoms with Gasteiger partial charge in [-0.25, -0.2) is 0 Å². The zero-order chi connectivity index (χ0) is 15.4. The fourth-order valence-electron chi connectivity index (χ4n) is 2.20. The molecule has 110 valence electrons. The van der Waals surface area contributed by atoms with E-state index in [-0.39, 0.29) is 6.04 Å². The van der Waals surface area contributed by atoms with E-state index in [1.165, 1.54) is 16.7 Å². The van der Waals surface area contributed by atoms with Crippen LogP contribution in [0.25, 0.3) is 0 Å². The van der Waals surface area contributed by atoms with Gasteiger partial charge in [0.25, 0.3) is 0 Å². The van der Waals surface area contributed by atoms with Gasteiger partial charge in [-0.1, -0.05) is 35.4 Å². The van der Waals surface area contributed by atoms with Crippen molar-refractivity contribution < 1.29 is 0 Å². The van der Waals surface area contributed by atoms with Gasteiger partial charge in [-0.05, 0) is 68.4 Å². The van der Waals surface area contributed by atoms with E-state index in [1.807, 2.05) is 24.3 Å². The standard InChI is InChI=1S/C17H19ClN2S/c1-11-4-5-12(2)16(10-11)13(3)19-17(21)20-15-8-6-14(18)7-9-15/h4-10,13H,1-3H3,(H2,19,20,21)/t13-/m0/s1. The zero-order valence-corrected chi connectivity index (χ0v) is 14.0. The molecule has 0 amide bonds. The summed E-state index contributed by atoms with van der Waals surface area (Å²) in [6, 6.07) is 14.1. The Morgan fingerprint density at radius 3 is 2.43 bits per heavy atom. The molecule has 0 spiro atoms. The number of benzene rings is 2. The van der Waals surface area contributed by atoms with Gasteiger partial charge >= 0.3 is 0 Å². The summed E-state index contributed by atoms with van der Waals surface area (Å²) in [4.78, 5) is 0. The summed E-state index contributed by atoms with van der Waals surface area (Å²) in [5.41, 5.74) is 4.69. The highest BCUT2D eigenvalue weighted by atomic mass is 35.5. The molecule has 0 unspecified atom stereocenters. The normalized spacial score (nSPS) is 11.8. The average Bonchev–Trinajstić information content (AvgIpc) is 2.44. The first-order chi connectivity index (χ1) is 9.95. The fraction of sp³-hybridized carbons (Fsp3) is 0.235. The summed E-state index contributed by atoms with van der Waals surface area (Å²) in [6.07, 6.45) is 0. The predicted molar refractivity (Wildman–Crippen MR) is 95.1 cm³/mol. The van der Waals surface area contributed by atoms with Gasteiger partial charge < -0.3 is 10.6 Å². The maximum atomic E-state index is 5.87. The molecular formula is C17H19ClN2S. The number of nitrogens with one attached hydrogen (secondary N) is 2. The van der Waals surface area contributed by atoms with Crippen molar-refractivity contribution in [3.05, 3.63) is 64.2 Å². The van der Waals surface area contributed by atoms with Gasteiger partial charge in [-0.3, -0.25) is 0 Å². The minimum absolute atomic E-state index is 0.150. The van der Waals surface area contributed by atoms with Crippen LogP contribution in [0, 0.1) is 13.8 Å². The van der Waals surface area contributed by atoms with Crippen molar-refractivity contribution in [3.8, 4) is 0 Å². The quantitative estimate of drug-likeness (QED) is 0.778. The van der Waals surface area contributed by atoms with E-state index in [9.17, 15) is 0 Å². The van der Waals surface area contributed by atoms with Crippen LogP contribution in [-0.2, 0) is 0 Å². The highest BCUT2D eigenvalue weighted by Gasteiger charge is 2.10. The van der Waals surface area contributed by atoms with Crippen molar-refractivity contribution in [2.75, 3.05) is 5.32 Å². The molecular weight excluding hydrogens is 300 g/mol. The first kappa shape index (κ1) is 15.8. The molecule has 0 aliphatic rings. The van der Waals surface area contributed by atoms with Crippen LogP contribution >= 0.6 is 23.8 Å². The van der Waals surface area contributed by atoms with Gasteiger partial charge in [0.2, 0.25) is 0 Å². The second-order valence-electron chi connectivity index (χ2n) is 5.19. The van der Waals surface area contributed by atoms with Gasteiger partial charge in [0.1, 0.15) is 0 Å². The second-order valence-corrected chi connectivity index (χ2v) is 6.03. The summed E-state index contributed by atoms with van der Waals surface area (Å²) in [5, 5.41) is 7.79. The molecule has 2 N–H and O–H groups in total. The smallest absolute Gasteiger partial charge is 0.171 e. The number of anilines is 1. The molecule has 0 heterocycles. The Bertz CT molecular complexity index is 638. The van der Waals surface area contributed by atoms with Gasteiger partial charge in [0.15, 0.2) is 5.11 Å². The molecule has 2 rings (SSSR count). The lowest BCUT2D eigenvalue weighted by molar-refractivity contribution is 0.716. The SMILES string of the molecule is Cc1ccc(C)c([C@H](C)NC(=S)Nc2ccc(Cl)cc2)c1. The Morgan fingerprint density at radius 2 is 1.76 bits per heavy atom. The van der Waals surface area contributed by atoms with Crippen molar-refractivity contribution in [3.63, 3.8) is 0 Å². The average molecular weight is 319 g/mol. The van der Waals surface area contributed by atoms with Gasteiger partial charge in [-0.2, -0.15) is 0 Å². The van der Waals surface area contributed by atoms with E-state index >= 15 is 0 Å². The molecule has 0 aliphatic heterocycles. The van der Waals surface area contributed by atoms with E-state index in [0.29, 0.717) is 10.1 Å². The van der Waals surface area contributed by atoms with Crippen LogP contribution in [0.5, 0.6) is 0 Å². The Labute approximate surface area is 136 Å². The molecule has 0 saturated carbocycles. The molecule has 0 aliphatic carbocycles. The minimum atomic E-state index is 0.150. The maximum Gasteiger partial charge on any atom is 0.171 e. The van der Waals surface area contributed by atoms with E-state index in [0.717, 1.165) is 5.69 Å². The summed E-state index contributed by atoms with van der Waals surface area (Å²) < 4.78 is 0. The van der Waals surface area contributed by atoms with Crippen molar-refractivity contribution in [1.29, 1.82) is 0 Å². The van der Waals surface area contributed by atoms with Crippen molar-refractivity contribution in [2.45, 2.75) is 26.8 Å². The number of thiocarbonyl (C=S) groups is 1. The topological polar surface area (TPSA) is 24.1 Å². The van der Waals surface area contributed by atoms with Gasteiger partial charge in [0, 0.05) is 10.7 Å². The highest BCUT2D eigenvalue weighted by Crippen LogP contribution is 2.19. The molecule has 0 bridgehead atoms. The molecule has 2 aromatic carbocycles. The number of hydrogen-bond acceptors (Lipinski definition) is 1. The van der Waals surface area contributed by atoms with Crippen LogP contribution in [0.4, 0.5) is 5.69 Å².